The number of hydrogen-bond donors (Lipinski definition) is 1. The largest absolute Gasteiger partial charge is 0.466 e. The van der Waals surface area contributed by atoms with Crippen LogP contribution in [0, 0.1) is 12.8 Å². The van der Waals surface area contributed by atoms with Gasteiger partial charge in [0.25, 0.3) is 0 Å². The third-order valence-corrected chi connectivity index (χ3v) is 6.65. The molecule has 2 aromatic carbocycles. The van der Waals surface area contributed by atoms with Crippen molar-refractivity contribution in [3.63, 3.8) is 0 Å². The van der Waals surface area contributed by atoms with Gasteiger partial charge in [0.2, 0.25) is 0 Å². The molecule has 0 heterocycles. The van der Waals surface area contributed by atoms with Gasteiger partial charge in [0.1, 0.15) is 7.85 Å². The van der Waals surface area contributed by atoms with Crippen molar-refractivity contribution in [3.8, 4) is 0 Å². The van der Waals surface area contributed by atoms with Gasteiger partial charge in [0.15, 0.2) is 0 Å². The van der Waals surface area contributed by atoms with Crippen molar-refractivity contribution in [2.75, 3.05) is 6.61 Å². The Bertz CT molecular complexity index is 855. The molecule has 3 unspecified atom stereocenters. The number of rotatable bonds is 7. The smallest absolute Gasteiger partial charge is 0.306 e. The van der Waals surface area contributed by atoms with Gasteiger partial charge in [-0.25, -0.2) is 0 Å². The lowest BCUT2D eigenvalue weighted by molar-refractivity contribution is -0.144. The van der Waals surface area contributed by atoms with Gasteiger partial charge in [-0.1, -0.05) is 59.9 Å². The molecule has 5 heteroatoms. The summed E-state index contributed by atoms with van der Waals surface area (Å²) in [5.74, 6) is 0.322. The molecule has 0 saturated heterocycles. The second kappa shape index (κ2) is 10.5. The molecule has 0 spiro atoms. The summed E-state index contributed by atoms with van der Waals surface area (Å²) in [7, 11) is 5.85. The minimum absolute atomic E-state index is 0.113. The van der Waals surface area contributed by atoms with E-state index in [4.69, 9.17) is 24.2 Å². The normalized spacial score (nSPS) is 22.5. The molecular formula is C25H31BClNO2. The summed E-state index contributed by atoms with van der Waals surface area (Å²) in [5.41, 5.74) is 4.24. The average molecular weight is 424 g/mol. The third-order valence-electron chi connectivity index (χ3n) is 6.25. The Morgan fingerprint density at radius 1 is 1.23 bits per heavy atom. The fourth-order valence-electron chi connectivity index (χ4n) is 4.66. The zero-order valence-electron chi connectivity index (χ0n) is 18.2. The van der Waals surface area contributed by atoms with Crippen LogP contribution in [0.5, 0.6) is 0 Å². The maximum atomic E-state index is 12.3. The average Bonchev–Trinajstić information content (AvgIpc) is 2.71. The zero-order valence-corrected chi connectivity index (χ0v) is 18.9. The molecule has 158 valence electrons. The van der Waals surface area contributed by atoms with E-state index in [1.54, 1.807) is 0 Å². The summed E-state index contributed by atoms with van der Waals surface area (Å²) < 4.78 is 5.27. The number of halogens is 1. The van der Waals surface area contributed by atoms with E-state index < -0.39 is 0 Å². The van der Waals surface area contributed by atoms with Crippen LogP contribution in [-0.2, 0) is 9.53 Å². The highest BCUT2D eigenvalue weighted by Crippen LogP contribution is 2.42. The van der Waals surface area contributed by atoms with Crippen LogP contribution in [0.1, 0.15) is 68.2 Å². The van der Waals surface area contributed by atoms with E-state index in [-0.39, 0.29) is 29.9 Å². The van der Waals surface area contributed by atoms with E-state index in [2.05, 4.69) is 42.6 Å². The minimum atomic E-state index is -0.113. The first-order valence-corrected chi connectivity index (χ1v) is 11.3. The Kier molecular flexibility index (Phi) is 8.02. The van der Waals surface area contributed by atoms with Crippen molar-refractivity contribution < 1.29 is 9.53 Å². The molecule has 0 aromatic heterocycles. The van der Waals surface area contributed by atoms with Crippen molar-refractivity contribution in [2.24, 2.45) is 5.92 Å². The van der Waals surface area contributed by atoms with Crippen LogP contribution in [0.4, 0.5) is 0 Å². The summed E-state index contributed by atoms with van der Waals surface area (Å²) in [6.07, 6.45) is 3.61. The molecular weight excluding hydrogens is 393 g/mol. The monoisotopic (exact) mass is 423 g/mol. The SMILES string of the molecule is [B]c1ccc([C@H](C)NC2CCCC(CC(=O)OCC)C2c2ccc(C)c(Cl)c2)cc1. The van der Waals surface area contributed by atoms with Crippen molar-refractivity contribution in [1.29, 1.82) is 0 Å². The molecule has 2 radical (unpaired) electrons. The lowest BCUT2D eigenvalue weighted by Crippen LogP contribution is -2.43. The second-order valence-electron chi connectivity index (χ2n) is 8.40. The number of hydrogen-bond acceptors (Lipinski definition) is 3. The van der Waals surface area contributed by atoms with Crippen LogP contribution in [0.3, 0.4) is 0 Å². The Hall–Kier alpha value is -1.78. The Morgan fingerprint density at radius 2 is 1.97 bits per heavy atom. The molecule has 3 rings (SSSR count). The van der Waals surface area contributed by atoms with E-state index in [0.717, 1.165) is 35.3 Å². The number of aryl methyl sites for hydroxylation is 1. The Balaban J connectivity index is 1.87. The predicted octanol–water partition coefficient (Wildman–Crippen LogP) is 5.00. The highest BCUT2D eigenvalue weighted by Gasteiger charge is 2.36. The zero-order chi connectivity index (χ0) is 21.7. The Labute approximate surface area is 187 Å². The number of nitrogens with one attached hydrogen (secondary N) is 1. The fraction of sp³-hybridized carbons (Fsp3) is 0.480. The molecule has 30 heavy (non-hydrogen) atoms. The summed E-state index contributed by atoms with van der Waals surface area (Å²) in [6.45, 7) is 6.47. The molecule has 4 atom stereocenters. The molecule has 1 N–H and O–H groups in total. The van der Waals surface area contributed by atoms with Crippen LogP contribution in [0.15, 0.2) is 42.5 Å². The number of esters is 1. The Morgan fingerprint density at radius 3 is 2.63 bits per heavy atom. The maximum Gasteiger partial charge on any atom is 0.306 e. The summed E-state index contributed by atoms with van der Waals surface area (Å²) in [4.78, 5) is 12.3. The standard InChI is InChI=1S/C25H31BClNO2/c1-4-30-24(29)15-19-6-5-7-23(25(19)20-9-8-16(2)22(27)14-20)28-17(3)18-10-12-21(26)13-11-18/h8-14,17,19,23,25,28H,4-7,15H2,1-3H3/t17-,19?,23?,25?/m0/s1. The number of carbonyl (C=O) groups is 1. The highest BCUT2D eigenvalue weighted by molar-refractivity contribution is 6.32. The first-order valence-electron chi connectivity index (χ1n) is 10.9. The summed E-state index contributed by atoms with van der Waals surface area (Å²) in [5, 5.41) is 4.61. The first kappa shape index (κ1) is 22.9. The van der Waals surface area contributed by atoms with Crippen LogP contribution in [0.25, 0.3) is 0 Å². The van der Waals surface area contributed by atoms with Crippen molar-refractivity contribution in [1.82, 2.24) is 5.32 Å². The highest BCUT2D eigenvalue weighted by atomic mass is 35.5. The van der Waals surface area contributed by atoms with Gasteiger partial charge in [-0.05, 0) is 62.3 Å². The first-order chi connectivity index (χ1) is 14.4. The van der Waals surface area contributed by atoms with E-state index >= 15 is 0 Å². The van der Waals surface area contributed by atoms with Crippen molar-refractivity contribution in [3.05, 3.63) is 64.2 Å². The second-order valence-corrected chi connectivity index (χ2v) is 8.80. The molecule has 1 fully saturated rings. The van der Waals surface area contributed by atoms with Crippen molar-refractivity contribution in [2.45, 2.75) is 64.5 Å². The number of carbonyl (C=O) groups excluding carboxylic acids is 1. The van der Waals surface area contributed by atoms with Crippen LogP contribution < -0.4 is 10.8 Å². The molecule has 3 nitrogen and oxygen atoms in total. The van der Waals surface area contributed by atoms with Crippen LogP contribution in [0.2, 0.25) is 5.02 Å². The van der Waals surface area contributed by atoms with Gasteiger partial charge in [-0.15, -0.1) is 0 Å². The quantitative estimate of drug-likeness (QED) is 0.503. The van der Waals surface area contributed by atoms with E-state index in [9.17, 15) is 4.79 Å². The molecule has 0 aliphatic heterocycles. The lowest BCUT2D eigenvalue weighted by Gasteiger charge is -2.40. The fourth-order valence-corrected chi connectivity index (χ4v) is 4.85. The van der Waals surface area contributed by atoms with Crippen molar-refractivity contribution >= 4 is 30.9 Å². The number of benzene rings is 2. The topological polar surface area (TPSA) is 38.3 Å². The third kappa shape index (κ3) is 5.68. The molecule has 0 amide bonds. The molecule has 0 bridgehead atoms. The van der Waals surface area contributed by atoms with Crippen LogP contribution >= 0.6 is 11.6 Å². The lowest BCUT2D eigenvalue weighted by atomic mass is 9.70. The summed E-state index contributed by atoms with van der Waals surface area (Å²) >= 11 is 6.48. The van der Waals surface area contributed by atoms with Gasteiger partial charge in [-0.2, -0.15) is 0 Å². The van der Waals surface area contributed by atoms with Gasteiger partial charge >= 0.3 is 5.97 Å². The van der Waals surface area contributed by atoms with Crippen LogP contribution in [-0.4, -0.2) is 26.5 Å². The van der Waals surface area contributed by atoms with Gasteiger partial charge < -0.3 is 10.1 Å². The van der Waals surface area contributed by atoms with Gasteiger partial charge in [-0.3, -0.25) is 4.79 Å². The van der Waals surface area contributed by atoms with Gasteiger partial charge in [0, 0.05) is 29.4 Å². The molecule has 1 saturated carbocycles. The number of ether oxygens (including phenoxy) is 1. The maximum absolute atomic E-state index is 12.3. The molecule has 2 aromatic rings. The predicted molar refractivity (Wildman–Crippen MR) is 125 cm³/mol. The molecule has 1 aliphatic rings. The summed E-state index contributed by atoms with van der Waals surface area (Å²) in [6, 6.07) is 14.8. The minimum Gasteiger partial charge on any atom is -0.466 e. The van der Waals surface area contributed by atoms with E-state index in [1.165, 1.54) is 11.1 Å². The van der Waals surface area contributed by atoms with Gasteiger partial charge in [0.05, 0.1) is 6.61 Å². The van der Waals surface area contributed by atoms with E-state index in [1.807, 2.05) is 26.0 Å². The van der Waals surface area contributed by atoms with E-state index in [0.29, 0.717) is 13.0 Å². The molecule has 1 aliphatic carbocycles.